The summed E-state index contributed by atoms with van der Waals surface area (Å²) >= 11 is 5.93. The number of rotatable bonds is 7. The zero-order valence-electron chi connectivity index (χ0n) is 13.8. The summed E-state index contributed by atoms with van der Waals surface area (Å²) in [6.45, 7) is 2.46. The minimum absolute atomic E-state index is 0.284. The number of pyridine rings is 1. The molecule has 1 heterocycles. The Kier molecular flexibility index (Phi) is 6.26. The van der Waals surface area contributed by atoms with Crippen LogP contribution in [0, 0.1) is 0 Å². The van der Waals surface area contributed by atoms with Crippen LogP contribution in [-0.4, -0.2) is 31.8 Å². The van der Waals surface area contributed by atoms with E-state index in [1.54, 1.807) is 33.3 Å². The van der Waals surface area contributed by atoms with Gasteiger partial charge in [0, 0.05) is 24.4 Å². The number of aromatic nitrogens is 1. The van der Waals surface area contributed by atoms with Crippen molar-refractivity contribution in [3.8, 4) is 11.5 Å². The second-order valence-corrected chi connectivity index (χ2v) is 5.19. The van der Waals surface area contributed by atoms with Crippen LogP contribution in [0.25, 0.3) is 0 Å². The number of anilines is 1. The summed E-state index contributed by atoms with van der Waals surface area (Å²) in [5.74, 6) is 0.931. The summed E-state index contributed by atoms with van der Waals surface area (Å²) in [6, 6.07) is 7.11. The third-order valence-corrected chi connectivity index (χ3v) is 3.54. The van der Waals surface area contributed by atoms with Crippen molar-refractivity contribution < 1.29 is 19.0 Å². The number of carbonyl (C=O) groups is 1. The lowest BCUT2D eigenvalue weighted by Gasteiger charge is -2.14. The van der Waals surface area contributed by atoms with Crippen molar-refractivity contribution >= 4 is 23.3 Å². The average Bonchev–Trinajstić information content (AvgIpc) is 2.60. The van der Waals surface area contributed by atoms with E-state index in [1.165, 1.54) is 6.20 Å². The predicted octanol–water partition coefficient (Wildman–Crippen LogP) is 3.54. The topological polar surface area (TPSA) is 69.7 Å². The molecule has 2 rings (SSSR count). The Hall–Kier alpha value is -2.47. The van der Waals surface area contributed by atoms with Crippen LogP contribution in [-0.2, 0) is 11.3 Å². The monoisotopic (exact) mass is 350 g/mol. The van der Waals surface area contributed by atoms with Crippen LogP contribution in [0.5, 0.6) is 11.5 Å². The zero-order valence-corrected chi connectivity index (χ0v) is 14.5. The van der Waals surface area contributed by atoms with Crippen molar-refractivity contribution in [2.24, 2.45) is 0 Å². The second kappa shape index (κ2) is 8.40. The molecule has 2 aromatic rings. The first-order valence-corrected chi connectivity index (χ1v) is 7.74. The molecule has 0 bridgehead atoms. The summed E-state index contributed by atoms with van der Waals surface area (Å²) in [5, 5.41) is 3.46. The first-order valence-electron chi connectivity index (χ1n) is 7.36. The maximum atomic E-state index is 12.0. The number of nitrogens with zero attached hydrogens (tertiary/aromatic N) is 1. The Balaban J connectivity index is 2.23. The van der Waals surface area contributed by atoms with Crippen LogP contribution in [0.4, 0.5) is 5.69 Å². The Morgan fingerprint density at radius 1 is 1.25 bits per heavy atom. The van der Waals surface area contributed by atoms with E-state index in [2.05, 4.69) is 10.3 Å². The molecule has 0 saturated heterocycles. The molecule has 1 aromatic heterocycles. The predicted molar refractivity (Wildman–Crippen MR) is 92.1 cm³/mol. The first kappa shape index (κ1) is 17.9. The van der Waals surface area contributed by atoms with E-state index in [0.29, 0.717) is 29.3 Å². The lowest BCUT2D eigenvalue weighted by Crippen LogP contribution is -2.11. The van der Waals surface area contributed by atoms with Gasteiger partial charge in [-0.3, -0.25) is 0 Å². The van der Waals surface area contributed by atoms with Gasteiger partial charge in [0.2, 0.25) is 0 Å². The maximum Gasteiger partial charge on any atom is 0.341 e. The molecule has 128 valence electrons. The van der Waals surface area contributed by atoms with E-state index >= 15 is 0 Å². The largest absolute Gasteiger partial charge is 0.497 e. The van der Waals surface area contributed by atoms with Crippen molar-refractivity contribution in [3.63, 3.8) is 0 Å². The van der Waals surface area contributed by atoms with Gasteiger partial charge < -0.3 is 19.5 Å². The number of hydrogen-bond acceptors (Lipinski definition) is 6. The van der Waals surface area contributed by atoms with Crippen LogP contribution >= 0.6 is 11.6 Å². The van der Waals surface area contributed by atoms with Crippen molar-refractivity contribution in [2.75, 3.05) is 26.1 Å². The van der Waals surface area contributed by atoms with Crippen molar-refractivity contribution in [1.82, 2.24) is 4.98 Å². The SMILES string of the molecule is CCOC(=O)c1cnc(Cl)cc1NCc1ccc(OC)cc1OC. The Morgan fingerprint density at radius 2 is 2.04 bits per heavy atom. The highest BCUT2D eigenvalue weighted by atomic mass is 35.5. The van der Waals surface area contributed by atoms with Crippen LogP contribution in [0.3, 0.4) is 0 Å². The molecule has 0 spiro atoms. The maximum absolute atomic E-state index is 12.0. The fraction of sp³-hybridized carbons (Fsp3) is 0.294. The molecule has 0 aliphatic rings. The third-order valence-electron chi connectivity index (χ3n) is 3.33. The quantitative estimate of drug-likeness (QED) is 0.608. The minimum atomic E-state index is -0.453. The molecule has 6 nitrogen and oxygen atoms in total. The number of esters is 1. The molecule has 0 amide bonds. The summed E-state index contributed by atoms with van der Waals surface area (Å²) < 4.78 is 15.6. The molecule has 24 heavy (non-hydrogen) atoms. The van der Waals surface area contributed by atoms with Gasteiger partial charge in [0.1, 0.15) is 22.2 Å². The molecule has 0 unspecified atom stereocenters. The lowest BCUT2D eigenvalue weighted by molar-refractivity contribution is 0.0527. The standard InChI is InChI=1S/C17H19ClN2O4/c1-4-24-17(21)13-10-20-16(18)8-14(13)19-9-11-5-6-12(22-2)7-15(11)23-3/h5-8,10H,4,9H2,1-3H3,(H,19,20). The van der Waals surface area contributed by atoms with Crippen molar-refractivity contribution in [2.45, 2.75) is 13.5 Å². The molecule has 7 heteroatoms. The summed E-state index contributed by atoms with van der Waals surface area (Å²) in [5.41, 5.74) is 1.78. The lowest BCUT2D eigenvalue weighted by atomic mass is 10.1. The number of nitrogens with one attached hydrogen (secondary N) is 1. The molecule has 0 radical (unpaired) electrons. The highest BCUT2D eigenvalue weighted by Crippen LogP contribution is 2.26. The van der Waals surface area contributed by atoms with Crippen LogP contribution < -0.4 is 14.8 Å². The number of methoxy groups -OCH3 is 2. The van der Waals surface area contributed by atoms with E-state index in [9.17, 15) is 4.79 Å². The van der Waals surface area contributed by atoms with E-state index in [4.69, 9.17) is 25.8 Å². The molecule has 0 fully saturated rings. The molecule has 1 N–H and O–H groups in total. The van der Waals surface area contributed by atoms with Crippen LogP contribution in [0.2, 0.25) is 5.15 Å². The van der Waals surface area contributed by atoms with Gasteiger partial charge in [0.15, 0.2) is 0 Å². The zero-order chi connectivity index (χ0) is 17.5. The highest BCUT2D eigenvalue weighted by Gasteiger charge is 2.14. The smallest absolute Gasteiger partial charge is 0.341 e. The number of halogens is 1. The van der Waals surface area contributed by atoms with E-state index in [1.807, 2.05) is 12.1 Å². The average molecular weight is 351 g/mol. The minimum Gasteiger partial charge on any atom is -0.497 e. The summed E-state index contributed by atoms with van der Waals surface area (Å²) in [7, 11) is 3.18. The Labute approximate surface area is 145 Å². The van der Waals surface area contributed by atoms with Crippen molar-refractivity contribution in [1.29, 1.82) is 0 Å². The molecule has 1 aromatic carbocycles. The summed E-state index contributed by atoms with van der Waals surface area (Å²) in [6.07, 6.45) is 1.40. The van der Waals surface area contributed by atoms with E-state index in [0.717, 1.165) is 5.56 Å². The van der Waals surface area contributed by atoms with Gasteiger partial charge in [-0.1, -0.05) is 11.6 Å². The van der Waals surface area contributed by atoms with Gasteiger partial charge in [-0.15, -0.1) is 0 Å². The fourth-order valence-corrected chi connectivity index (χ4v) is 2.29. The van der Waals surface area contributed by atoms with Crippen LogP contribution in [0.15, 0.2) is 30.5 Å². The molecule has 0 atom stereocenters. The summed E-state index contributed by atoms with van der Waals surface area (Å²) in [4.78, 5) is 15.9. The van der Waals surface area contributed by atoms with Gasteiger partial charge >= 0.3 is 5.97 Å². The Morgan fingerprint density at radius 3 is 2.71 bits per heavy atom. The van der Waals surface area contributed by atoms with E-state index < -0.39 is 5.97 Å². The van der Waals surface area contributed by atoms with Gasteiger partial charge in [-0.05, 0) is 25.1 Å². The van der Waals surface area contributed by atoms with Gasteiger partial charge in [0.05, 0.1) is 26.5 Å². The van der Waals surface area contributed by atoms with Crippen molar-refractivity contribution in [3.05, 3.63) is 46.7 Å². The molecule has 0 aliphatic heterocycles. The Bertz CT molecular complexity index is 722. The van der Waals surface area contributed by atoms with Gasteiger partial charge in [-0.2, -0.15) is 0 Å². The van der Waals surface area contributed by atoms with Gasteiger partial charge in [0.25, 0.3) is 0 Å². The molecular formula is C17H19ClN2O4. The fourth-order valence-electron chi connectivity index (χ4n) is 2.14. The number of carbonyl (C=O) groups excluding carboxylic acids is 1. The number of hydrogen-bond donors (Lipinski definition) is 1. The number of benzene rings is 1. The normalized spacial score (nSPS) is 10.2. The second-order valence-electron chi connectivity index (χ2n) is 4.80. The highest BCUT2D eigenvalue weighted by molar-refractivity contribution is 6.29. The van der Waals surface area contributed by atoms with Crippen LogP contribution in [0.1, 0.15) is 22.8 Å². The number of ether oxygens (including phenoxy) is 3. The molecule has 0 aliphatic carbocycles. The third kappa shape index (κ3) is 4.29. The molecule has 0 saturated carbocycles. The van der Waals surface area contributed by atoms with Gasteiger partial charge in [-0.25, -0.2) is 9.78 Å². The first-order chi connectivity index (χ1) is 11.6. The van der Waals surface area contributed by atoms with E-state index in [-0.39, 0.29) is 11.8 Å². The molecular weight excluding hydrogens is 332 g/mol.